The Labute approximate surface area is 120 Å². The van der Waals surface area contributed by atoms with Gasteiger partial charge in [-0.15, -0.1) is 0 Å². The monoisotopic (exact) mass is 323 g/mol. The van der Waals surface area contributed by atoms with Crippen molar-refractivity contribution in [3.63, 3.8) is 0 Å². The van der Waals surface area contributed by atoms with Crippen LogP contribution in [-0.2, 0) is 0 Å². The van der Waals surface area contributed by atoms with Crippen LogP contribution in [0.3, 0.4) is 0 Å². The fourth-order valence-corrected chi connectivity index (χ4v) is 2.24. The van der Waals surface area contributed by atoms with E-state index in [1.54, 1.807) is 6.07 Å². The largest absolute Gasteiger partial charge is 0.387 e. The van der Waals surface area contributed by atoms with Gasteiger partial charge in [-0.1, -0.05) is 34.1 Å². The van der Waals surface area contributed by atoms with Gasteiger partial charge in [0.1, 0.15) is 5.82 Å². The van der Waals surface area contributed by atoms with E-state index in [1.165, 1.54) is 12.1 Å². The van der Waals surface area contributed by atoms with Crippen LogP contribution in [0.4, 0.5) is 10.1 Å². The fraction of sp³-hybridized carbons (Fsp3) is 0.200. The van der Waals surface area contributed by atoms with Gasteiger partial charge in [0.25, 0.3) is 0 Å². The molecule has 0 aliphatic carbocycles. The minimum atomic E-state index is -0.639. The van der Waals surface area contributed by atoms with Gasteiger partial charge in [-0.2, -0.15) is 0 Å². The highest BCUT2D eigenvalue weighted by Gasteiger charge is 2.08. The van der Waals surface area contributed by atoms with Gasteiger partial charge in [0.2, 0.25) is 0 Å². The van der Waals surface area contributed by atoms with Gasteiger partial charge in [-0.25, -0.2) is 4.39 Å². The number of aliphatic hydroxyl groups is 1. The van der Waals surface area contributed by atoms with Crippen LogP contribution in [0.1, 0.15) is 17.2 Å². The zero-order valence-electron chi connectivity index (χ0n) is 10.5. The maximum absolute atomic E-state index is 13.1. The van der Waals surface area contributed by atoms with E-state index in [4.69, 9.17) is 0 Å². The van der Waals surface area contributed by atoms with Crippen LogP contribution in [0.5, 0.6) is 0 Å². The third kappa shape index (κ3) is 3.78. The summed E-state index contributed by atoms with van der Waals surface area (Å²) in [4.78, 5) is 0. The third-order valence-corrected chi connectivity index (χ3v) is 3.41. The average molecular weight is 324 g/mol. The predicted octanol–water partition coefficient (Wildman–Crippen LogP) is 4.04. The highest BCUT2D eigenvalue weighted by Crippen LogP contribution is 2.20. The molecule has 0 aliphatic heterocycles. The minimum Gasteiger partial charge on any atom is -0.387 e. The van der Waals surface area contributed by atoms with E-state index in [9.17, 15) is 9.50 Å². The number of rotatable bonds is 4. The lowest BCUT2D eigenvalue weighted by Gasteiger charge is -2.15. The first-order chi connectivity index (χ1) is 9.06. The molecule has 0 amide bonds. The molecule has 2 aromatic carbocycles. The second-order valence-electron chi connectivity index (χ2n) is 4.41. The van der Waals surface area contributed by atoms with Gasteiger partial charge in [-0.3, -0.25) is 0 Å². The number of hydrogen-bond donors (Lipinski definition) is 2. The lowest BCUT2D eigenvalue weighted by Crippen LogP contribution is -2.12. The molecule has 1 unspecified atom stereocenters. The summed E-state index contributed by atoms with van der Waals surface area (Å²) in [6.07, 6.45) is -0.639. The van der Waals surface area contributed by atoms with Crippen molar-refractivity contribution >= 4 is 21.6 Å². The molecule has 0 heterocycles. The Morgan fingerprint density at radius 2 is 2.05 bits per heavy atom. The van der Waals surface area contributed by atoms with Gasteiger partial charge in [0.05, 0.1) is 6.10 Å². The number of hydrogen-bond acceptors (Lipinski definition) is 2. The van der Waals surface area contributed by atoms with Crippen molar-refractivity contribution in [3.8, 4) is 0 Å². The molecule has 2 N–H and O–H groups in total. The number of nitrogens with one attached hydrogen (secondary N) is 1. The van der Waals surface area contributed by atoms with Gasteiger partial charge >= 0.3 is 0 Å². The Morgan fingerprint density at radius 1 is 1.26 bits per heavy atom. The summed E-state index contributed by atoms with van der Waals surface area (Å²) in [5.41, 5.74) is 2.47. The first-order valence-corrected chi connectivity index (χ1v) is 6.79. The molecule has 2 aromatic rings. The summed E-state index contributed by atoms with van der Waals surface area (Å²) in [5.74, 6) is -0.287. The van der Waals surface area contributed by atoms with E-state index in [2.05, 4.69) is 21.2 Å². The van der Waals surface area contributed by atoms with Crippen molar-refractivity contribution in [1.82, 2.24) is 0 Å². The number of benzene rings is 2. The van der Waals surface area contributed by atoms with Gasteiger partial charge in [-0.05, 0) is 42.3 Å². The van der Waals surface area contributed by atoms with E-state index in [0.29, 0.717) is 12.2 Å². The molecule has 19 heavy (non-hydrogen) atoms. The molecule has 0 bridgehead atoms. The molecule has 0 saturated carbocycles. The molecule has 2 rings (SSSR count). The van der Waals surface area contributed by atoms with Crippen molar-refractivity contribution in [3.05, 3.63) is 63.9 Å². The molecule has 0 spiro atoms. The van der Waals surface area contributed by atoms with Crippen molar-refractivity contribution in [2.45, 2.75) is 13.0 Å². The first kappa shape index (κ1) is 14.0. The van der Waals surface area contributed by atoms with E-state index < -0.39 is 6.10 Å². The second-order valence-corrected chi connectivity index (χ2v) is 5.33. The summed E-state index contributed by atoms with van der Waals surface area (Å²) in [6.45, 7) is 2.23. The van der Waals surface area contributed by atoms with Crippen LogP contribution < -0.4 is 5.32 Å². The molecular weight excluding hydrogens is 309 g/mol. The minimum absolute atomic E-state index is 0.287. The van der Waals surface area contributed by atoms with Crippen molar-refractivity contribution in [1.29, 1.82) is 0 Å². The Balaban J connectivity index is 2.04. The average Bonchev–Trinajstić information content (AvgIpc) is 2.39. The van der Waals surface area contributed by atoms with Gasteiger partial charge in [0.15, 0.2) is 0 Å². The molecule has 4 heteroatoms. The third-order valence-electron chi connectivity index (χ3n) is 2.92. The summed E-state index contributed by atoms with van der Waals surface area (Å²) < 4.78 is 14.1. The molecular formula is C15H15BrFNO. The van der Waals surface area contributed by atoms with Gasteiger partial charge in [0, 0.05) is 16.7 Å². The molecule has 0 radical (unpaired) electrons. The standard InChI is InChI=1S/C15H15BrFNO/c1-10-5-6-13(17)8-14(10)18-9-15(19)11-3-2-4-12(16)7-11/h2-8,15,18-19H,9H2,1H3. The molecule has 100 valence electrons. The normalized spacial score (nSPS) is 12.2. The van der Waals surface area contributed by atoms with E-state index in [-0.39, 0.29) is 5.82 Å². The van der Waals surface area contributed by atoms with Crippen LogP contribution in [0.2, 0.25) is 0 Å². The fourth-order valence-electron chi connectivity index (χ4n) is 1.82. The number of aliphatic hydroxyl groups excluding tert-OH is 1. The lowest BCUT2D eigenvalue weighted by molar-refractivity contribution is 0.191. The number of anilines is 1. The van der Waals surface area contributed by atoms with E-state index >= 15 is 0 Å². The highest BCUT2D eigenvalue weighted by molar-refractivity contribution is 9.10. The van der Waals surface area contributed by atoms with Crippen molar-refractivity contribution in [2.75, 3.05) is 11.9 Å². The molecule has 0 aliphatic rings. The van der Waals surface area contributed by atoms with Crippen LogP contribution in [-0.4, -0.2) is 11.7 Å². The topological polar surface area (TPSA) is 32.3 Å². The zero-order valence-corrected chi connectivity index (χ0v) is 12.1. The molecule has 0 aromatic heterocycles. The van der Waals surface area contributed by atoms with Crippen molar-refractivity contribution < 1.29 is 9.50 Å². The van der Waals surface area contributed by atoms with E-state index in [0.717, 1.165) is 15.6 Å². The highest BCUT2D eigenvalue weighted by atomic mass is 79.9. The maximum atomic E-state index is 13.1. The van der Waals surface area contributed by atoms with Crippen LogP contribution in [0, 0.1) is 12.7 Å². The second kappa shape index (κ2) is 6.17. The summed E-state index contributed by atoms with van der Waals surface area (Å²) >= 11 is 3.37. The molecule has 0 fully saturated rings. The number of aryl methyl sites for hydroxylation is 1. The summed E-state index contributed by atoms with van der Waals surface area (Å²) in [7, 11) is 0. The SMILES string of the molecule is Cc1ccc(F)cc1NCC(O)c1cccc(Br)c1. The summed E-state index contributed by atoms with van der Waals surface area (Å²) in [6, 6.07) is 12.1. The molecule has 0 saturated heterocycles. The van der Waals surface area contributed by atoms with Crippen LogP contribution in [0.25, 0.3) is 0 Å². The predicted molar refractivity (Wildman–Crippen MR) is 78.7 cm³/mol. The smallest absolute Gasteiger partial charge is 0.125 e. The Hall–Kier alpha value is -1.39. The van der Waals surface area contributed by atoms with Crippen LogP contribution in [0.15, 0.2) is 46.9 Å². The van der Waals surface area contributed by atoms with E-state index in [1.807, 2.05) is 31.2 Å². The summed E-state index contributed by atoms with van der Waals surface area (Å²) in [5, 5.41) is 13.2. The van der Waals surface area contributed by atoms with Crippen LogP contribution >= 0.6 is 15.9 Å². The number of halogens is 2. The lowest BCUT2D eigenvalue weighted by atomic mass is 10.1. The Kier molecular flexibility index (Phi) is 4.56. The maximum Gasteiger partial charge on any atom is 0.125 e. The molecule has 1 atom stereocenters. The molecule has 2 nitrogen and oxygen atoms in total. The van der Waals surface area contributed by atoms with Gasteiger partial charge < -0.3 is 10.4 Å². The Bertz CT molecular complexity index is 574. The van der Waals surface area contributed by atoms with Crippen molar-refractivity contribution in [2.24, 2.45) is 0 Å². The quantitative estimate of drug-likeness (QED) is 0.889. The zero-order chi connectivity index (χ0) is 13.8. The first-order valence-electron chi connectivity index (χ1n) is 6.00. The Morgan fingerprint density at radius 3 is 2.79 bits per heavy atom.